The first kappa shape index (κ1) is 31.8. The Balaban J connectivity index is 1.43. The minimum Gasteiger partial charge on any atom is -0.490 e. The van der Waals surface area contributed by atoms with E-state index in [9.17, 15) is 9.59 Å². The zero-order valence-electron chi connectivity index (χ0n) is 26.8. The third-order valence-corrected chi connectivity index (χ3v) is 8.85. The second-order valence-electron chi connectivity index (χ2n) is 10.8. The number of rotatable bonds is 11. The summed E-state index contributed by atoms with van der Waals surface area (Å²) in [6.45, 7) is 8.77. The molecule has 1 aliphatic rings. The van der Waals surface area contributed by atoms with Crippen LogP contribution in [-0.2, 0) is 16.1 Å². The summed E-state index contributed by atoms with van der Waals surface area (Å²) in [4.78, 5) is 32.8. The number of fused-ring (bicyclic) bond motifs is 2. The molecule has 1 aliphatic heterocycles. The molecule has 1 aromatic heterocycles. The van der Waals surface area contributed by atoms with Gasteiger partial charge in [-0.15, -0.1) is 0 Å². The van der Waals surface area contributed by atoms with Crippen LogP contribution in [0.4, 0.5) is 0 Å². The number of para-hydroxylation sites is 1. The number of allylic oxidation sites excluding steroid dienone is 1. The number of ether oxygens (including phenoxy) is 4. The van der Waals surface area contributed by atoms with Gasteiger partial charge in [-0.3, -0.25) is 9.36 Å². The molecule has 5 aromatic rings. The molecule has 0 saturated heterocycles. The number of benzene rings is 4. The molecule has 0 N–H and O–H groups in total. The van der Waals surface area contributed by atoms with E-state index in [0.717, 1.165) is 21.9 Å². The highest BCUT2D eigenvalue weighted by Gasteiger charge is 2.34. The van der Waals surface area contributed by atoms with Crippen LogP contribution < -0.4 is 29.1 Å². The molecule has 0 spiro atoms. The van der Waals surface area contributed by atoms with Crippen LogP contribution in [0.25, 0.3) is 16.8 Å². The molecule has 1 atom stereocenters. The number of carbonyl (C=O) groups is 1. The molecule has 0 aliphatic carbocycles. The van der Waals surface area contributed by atoms with Gasteiger partial charge in [-0.25, -0.2) is 9.79 Å². The van der Waals surface area contributed by atoms with E-state index in [4.69, 9.17) is 23.9 Å². The van der Waals surface area contributed by atoms with Crippen LogP contribution in [0.15, 0.2) is 106 Å². The number of carbonyl (C=O) groups excluding carboxylic acids is 1. The molecule has 8 nitrogen and oxygen atoms in total. The fraction of sp³-hybridized carbons (Fsp3) is 0.237. The van der Waals surface area contributed by atoms with E-state index in [0.29, 0.717) is 63.2 Å². The second-order valence-corrected chi connectivity index (χ2v) is 11.8. The van der Waals surface area contributed by atoms with Gasteiger partial charge in [-0.05, 0) is 73.9 Å². The molecule has 240 valence electrons. The van der Waals surface area contributed by atoms with Crippen molar-refractivity contribution in [1.29, 1.82) is 0 Å². The highest BCUT2D eigenvalue weighted by atomic mass is 32.1. The maximum Gasteiger partial charge on any atom is 0.338 e. The number of esters is 1. The van der Waals surface area contributed by atoms with E-state index < -0.39 is 12.0 Å². The summed E-state index contributed by atoms with van der Waals surface area (Å²) in [5.74, 6) is 1.25. The van der Waals surface area contributed by atoms with Crippen molar-refractivity contribution in [1.82, 2.24) is 4.57 Å². The lowest BCUT2D eigenvalue weighted by molar-refractivity contribution is -0.139. The summed E-state index contributed by atoms with van der Waals surface area (Å²) in [5.41, 5.74) is 3.03. The largest absolute Gasteiger partial charge is 0.490 e. The lowest BCUT2D eigenvalue weighted by Crippen LogP contribution is -2.40. The van der Waals surface area contributed by atoms with Crippen LogP contribution in [0.2, 0.25) is 0 Å². The van der Waals surface area contributed by atoms with Crippen molar-refractivity contribution in [2.24, 2.45) is 4.99 Å². The van der Waals surface area contributed by atoms with Crippen molar-refractivity contribution in [3.63, 3.8) is 0 Å². The van der Waals surface area contributed by atoms with Crippen molar-refractivity contribution in [3.05, 3.63) is 133 Å². The van der Waals surface area contributed by atoms with Gasteiger partial charge >= 0.3 is 5.97 Å². The minimum absolute atomic E-state index is 0.190. The average molecular weight is 649 g/mol. The molecule has 47 heavy (non-hydrogen) atoms. The molecular formula is C38H36N2O6S. The van der Waals surface area contributed by atoms with Crippen LogP contribution in [0.1, 0.15) is 50.4 Å². The molecule has 4 aromatic carbocycles. The van der Waals surface area contributed by atoms with Gasteiger partial charge in [0.15, 0.2) is 16.3 Å². The van der Waals surface area contributed by atoms with Gasteiger partial charge < -0.3 is 18.9 Å². The first-order chi connectivity index (χ1) is 22.9. The molecule has 0 amide bonds. The normalized spacial score (nSPS) is 14.5. The molecule has 0 fully saturated rings. The predicted molar refractivity (Wildman–Crippen MR) is 184 cm³/mol. The number of nitrogens with zero attached hydrogens (tertiary/aromatic N) is 2. The van der Waals surface area contributed by atoms with E-state index in [2.05, 4.69) is 24.3 Å². The molecule has 0 radical (unpaired) electrons. The third-order valence-electron chi connectivity index (χ3n) is 7.87. The third kappa shape index (κ3) is 6.44. The van der Waals surface area contributed by atoms with Gasteiger partial charge in [0.25, 0.3) is 5.56 Å². The quantitative estimate of drug-likeness (QED) is 0.156. The SMILES string of the molecule is CCOC(=O)C1=C(C)N=c2s/c(=C\c3ccccc3OCc3cccc4ccccc34)c(=O)n2[C@@H]1c1ccc(OCC)c(OCC)c1. The van der Waals surface area contributed by atoms with Crippen molar-refractivity contribution in [2.75, 3.05) is 19.8 Å². The first-order valence-corrected chi connectivity index (χ1v) is 16.5. The van der Waals surface area contributed by atoms with Gasteiger partial charge in [0, 0.05) is 5.56 Å². The Morgan fingerprint density at radius 1 is 0.851 bits per heavy atom. The number of aromatic nitrogens is 1. The summed E-state index contributed by atoms with van der Waals surface area (Å²) in [5, 5.41) is 2.28. The molecule has 0 bridgehead atoms. The molecule has 6 rings (SSSR count). The second kappa shape index (κ2) is 14.1. The average Bonchev–Trinajstić information content (AvgIpc) is 3.38. The van der Waals surface area contributed by atoms with E-state index >= 15 is 0 Å². The van der Waals surface area contributed by atoms with Gasteiger partial charge in [-0.1, -0.05) is 78.1 Å². The molecule has 9 heteroatoms. The van der Waals surface area contributed by atoms with Crippen molar-refractivity contribution in [3.8, 4) is 17.2 Å². The topological polar surface area (TPSA) is 88.4 Å². The summed E-state index contributed by atoms with van der Waals surface area (Å²) in [6.07, 6.45) is 1.83. The fourth-order valence-electron chi connectivity index (χ4n) is 5.79. The Kier molecular flexibility index (Phi) is 9.54. The van der Waals surface area contributed by atoms with E-state index in [-0.39, 0.29) is 12.2 Å². The Morgan fingerprint density at radius 3 is 2.40 bits per heavy atom. The molecule has 2 heterocycles. The highest BCUT2D eigenvalue weighted by molar-refractivity contribution is 7.07. The van der Waals surface area contributed by atoms with Crippen molar-refractivity contribution in [2.45, 2.75) is 40.3 Å². The maximum atomic E-state index is 14.3. The monoisotopic (exact) mass is 648 g/mol. The van der Waals surface area contributed by atoms with Crippen LogP contribution in [0.5, 0.6) is 17.2 Å². The van der Waals surface area contributed by atoms with Crippen molar-refractivity contribution >= 4 is 34.2 Å². The lowest BCUT2D eigenvalue weighted by Gasteiger charge is -2.25. The van der Waals surface area contributed by atoms with E-state index in [1.165, 1.54) is 11.3 Å². The minimum atomic E-state index is -0.778. The number of hydrogen-bond acceptors (Lipinski definition) is 8. The summed E-state index contributed by atoms with van der Waals surface area (Å²) >= 11 is 1.27. The predicted octanol–water partition coefficient (Wildman–Crippen LogP) is 6.33. The van der Waals surface area contributed by atoms with E-state index in [1.807, 2.05) is 74.5 Å². The zero-order valence-corrected chi connectivity index (χ0v) is 27.6. The van der Waals surface area contributed by atoms with Crippen molar-refractivity contribution < 1.29 is 23.7 Å². The van der Waals surface area contributed by atoms with Gasteiger partial charge in [0.05, 0.1) is 41.7 Å². The smallest absolute Gasteiger partial charge is 0.338 e. The fourth-order valence-corrected chi connectivity index (χ4v) is 6.83. The summed E-state index contributed by atoms with van der Waals surface area (Å²) < 4.78 is 25.5. The van der Waals surface area contributed by atoms with Gasteiger partial charge in [0.1, 0.15) is 12.4 Å². The van der Waals surface area contributed by atoms with Crippen LogP contribution in [0.3, 0.4) is 0 Å². The van der Waals surface area contributed by atoms with Crippen LogP contribution >= 0.6 is 11.3 Å². The number of hydrogen-bond donors (Lipinski definition) is 0. The van der Waals surface area contributed by atoms with E-state index in [1.54, 1.807) is 24.5 Å². The Hall–Kier alpha value is -5.15. The Labute approximate surface area is 276 Å². The van der Waals surface area contributed by atoms with Crippen LogP contribution in [-0.4, -0.2) is 30.4 Å². The Bertz CT molecular complexity index is 2160. The van der Waals surface area contributed by atoms with Gasteiger partial charge in [0.2, 0.25) is 0 Å². The lowest BCUT2D eigenvalue weighted by atomic mass is 9.95. The van der Waals surface area contributed by atoms with Crippen LogP contribution in [0, 0.1) is 0 Å². The first-order valence-electron chi connectivity index (χ1n) is 15.7. The standard InChI is InChI=1S/C38H36N2O6S/c1-5-43-31-20-19-27(21-32(31)44-6-2)35-34(37(42)45-7-3)24(4)39-38-40(35)36(41)33(47-38)22-26-14-9-11-18-30(26)46-23-28-16-12-15-25-13-8-10-17-29(25)28/h8-22,35H,5-7,23H2,1-4H3/b33-22-/t35-/m1/s1. The number of thiazole rings is 1. The molecule has 0 saturated carbocycles. The van der Waals surface area contributed by atoms with Gasteiger partial charge in [-0.2, -0.15) is 0 Å². The summed E-state index contributed by atoms with van der Waals surface area (Å²) in [7, 11) is 0. The Morgan fingerprint density at radius 2 is 1.60 bits per heavy atom. The maximum absolute atomic E-state index is 14.3. The molecular weight excluding hydrogens is 612 g/mol. The summed E-state index contributed by atoms with van der Waals surface area (Å²) in [6, 6.07) is 26.7. The molecule has 0 unspecified atom stereocenters. The highest BCUT2D eigenvalue weighted by Crippen LogP contribution is 2.36. The zero-order chi connectivity index (χ0) is 32.9.